The number of allylic oxidation sites excluding steroid dienone is 2. The van der Waals surface area contributed by atoms with Gasteiger partial charge in [0, 0.05) is 6.92 Å². The first kappa shape index (κ1) is 61.0. The number of aliphatic carboxylic acids is 1. The standard InChI is InChI=1S/C55H86O24/c1-23(59)71-41-40(76-45-37(65)34(62)28(22-58)73-45)42(44(68)69)77-48(43(41)78-46-38(66)35(63)32(60)26(20-56)72-46)75-31-12-13-52(6)29(51(31,4)5)11-14-54(8)30(52)10-9-24-25-19-50(2,3)15-17-55(25,18-16-53(24,54)7)49(70)79-47-39(67)36(64)33(61)27(21-57)74-47/h9,25-43,45-48,56-58,60-67H,10-22H2,1-8H3,(H,68,69)/t25-,26+,27+,28-,29+,30-,31+,32+,33+,34-,35-,36-,37+,38+,39+,40-,41-,42-,43+,45-,46-,47-,48+,52+,53+,54+,55-/m1/s1. The fourth-order valence-electron chi connectivity index (χ4n) is 16.6. The zero-order valence-electron chi connectivity index (χ0n) is 46.3. The number of esters is 2. The van der Waals surface area contributed by atoms with Gasteiger partial charge in [-0.05, 0) is 109 Å². The van der Waals surface area contributed by atoms with E-state index in [1.807, 2.05) is 0 Å². The second kappa shape index (κ2) is 22.1. The molecule has 0 aromatic rings. The van der Waals surface area contributed by atoms with Crippen molar-refractivity contribution >= 4 is 17.9 Å². The molecule has 4 saturated carbocycles. The highest BCUT2D eigenvalue weighted by atomic mass is 16.8. The van der Waals surface area contributed by atoms with Crippen LogP contribution in [-0.2, 0) is 57.0 Å². The number of carbonyl (C=O) groups excluding carboxylic acids is 2. The number of rotatable bonds is 13. The predicted molar refractivity (Wildman–Crippen MR) is 267 cm³/mol. The normalized spacial score (nSPS) is 51.1. The maximum atomic E-state index is 14.8. The number of aliphatic hydroxyl groups is 11. The first-order valence-corrected chi connectivity index (χ1v) is 28.1. The smallest absolute Gasteiger partial charge is 0.335 e. The number of aliphatic hydroxyl groups excluding tert-OH is 11. The van der Waals surface area contributed by atoms with Crippen LogP contribution >= 0.6 is 0 Å². The Labute approximate surface area is 459 Å². The molecule has 0 radical (unpaired) electrons. The summed E-state index contributed by atoms with van der Waals surface area (Å²) >= 11 is 0. The lowest BCUT2D eigenvalue weighted by Gasteiger charge is -2.71. The van der Waals surface area contributed by atoms with Crippen LogP contribution in [-0.4, -0.2) is 222 Å². The van der Waals surface area contributed by atoms with Gasteiger partial charge in [-0.3, -0.25) is 9.59 Å². The molecule has 0 spiro atoms. The second-order valence-corrected chi connectivity index (χ2v) is 26.4. The lowest BCUT2D eigenvalue weighted by Crippen LogP contribution is -2.68. The third-order valence-corrected chi connectivity index (χ3v) is 21.3. The molecular formula is C55H86O24. The third kappa shape index (κ3) is 10.1. The second-order valence-electron chi connectivity index (χ2n) is 26.4. The van der Waals surface area contributed by atoms with Gasteiger partial charge in [0.2, 0.25) is 6.29 Å². The van der Waals surface area contributed by atoms with Crippen molar-refractivity contribution in [2.75, 3.05) is 19.8 Å². The van der Waals surface area contributed by atoms with Crippen LogP contribution in [0, 0.1) is 50.2 Å². The monoisotopic (exact) mass is 1130 g/mol. The van der Waals surface area contributed by atoms with Gasteiger partial charge in [0.05, 0.1) is 31.3 Å². The molecular weight excluding hydrogens is 1040 g/mol. The van der Waals surface area contributed by atoms with Crippen LogP contribution < -0.4 is 0 Å². The van der Waals surface area contributed by atoms with E-state index in [-0.39, 0.29) is 39.4 Å². The van der Waals surface area contributed by atoms with E-state index < -0.39 is 171 Å². The highest BCUT2D eigenvalue weighted by Crippen LogP contribution is 2.76. The minimum atomic E-state index is -2.04. The quantitative estimate of drug-likeness (QED) is 0.0614. The van der Waals surface area contributed by atoms with Gasteiger partial charge in [0.15, 0.2) is 37.2 Å². The molecule has 0 aromatic heterocycles. The zero-order valence-corrected chi connectivity index (χ0v) is 46.3. The number of fused-ring (bicyclic) bond motifs is 7. The van der Waals surface area contributed by atoms with Crippen molar-refractivity contribution in [3.8, 4) is 0 Å². The molecule has 4 aliphatic heterocycles. The summed E-state index contributed by atoms with van der Waals surface area (Å²) in [6, 6.07) is 0. The number of hydrogen-bond acceptors (Lipinski definition) is 23. The Hall–Kier alpha value is -2.57. The zero-order chi connectivity index (χ0) is 57.9. The van der Waals surface area contributed by atoms with E-state index in [9.17, 15) is 75.7 Å². The molecule has 24 nitrogen and oxygen atoms in total. The van der Waals surface area contributed by atoms with Crippen molar-refractivity contribution in [1.29, 1.82) is 0 Å². The van der Waals surface area contributed by atoms with Gasteiger partial charge < -0.3 is 104 Å². The van der Waals surface area contributed by atoms with Crippen molar-refractivity contribution in [3.05, 3.63) is 11.6 Å². The number of hydrogen-bond donors (Lipinski definition) is 12. The summed E-state index contributed by atoms with van der Waals surface area (Å²) in [6.45, 7) is 14.4. The van der Waals surface area contributed by atoms with E-state index in [0.29, 0.717) is 44.9 Å². The topological polar surface area (TPSA) is 377 Å². The maximum absolute atomic E-state index is 14.8. The van der Waals surface area contributed by atoms with Crippen LogP contribution in [0.2, 0.25) is 0 Å². The van der Waals surface area contributed by atoms with Crippen LogP contribution in [0.5, 0.6) is 0 Å². The minimum Gasteiger partial charge on any atom is -0.479 e. The minimum absolute atomic E-state index is 0.0175. The van der Waals surface area contributed by atoms with Gasteiger partial charge >= 0.3 is 17.9 Å². The van der Waals surface area contributed by atoms with Crippen LogP contribution in [0.15, 0.2) is 11.6 Å². The van der Waals surface area contributed by atoms with Crippen LogP contribution in [0.3, 0.4) is 0 Å². The van der Waals surface area contributed by atoms with Gasteiger partial charge in [0.1, 0.15) is 73.2 Å². The highest BCUT2D eigenvalue weighted by molar-refractivity contribution is 5.79. The van der Waals surface area contributed by atoms with E-state index in [2.05, 4.69) is 54.5 Å². The Morgan fingerprint density at radius 2 is 1.10 bits per heavy atom. The van der Waals surface area contributed by atoms with Gasteiger partial charge in [-0.1, -0.05) is 60.1 Å². The van der Waals surface area contributed by atoms with E-state index in [4.69, 9.17) is 42.6 Å². The largest absolute Gasteiger partial charge is 0.479 e. The first-order chi connectivity index (χ1) is 36.9. The van der Waals surface area contributed by atoms with E-state index >= 15 is 0 Å². The highest BCUT2D eigenvalue weighted by Gasteiger charge is 2.70. The van der Waals surface area contributed by atoms with E-state index in [1.165, 1.54) is 5.57 Å². The number of carboxylic acid groups (broad SMARTS) is 1. The fourth-order valence-corrected chi connectivity index (χ4v) is 16.6. The Morgan fingerprint density at radius 3 is 1.67 bits per heavy atom. The summed E-state index contributed by atoms with van der Waals surface area (Å²) < 4.78 is 54.3. The molecule has 4 saturated heterocycles. The maximum Gasteiger partial charge on any atom is 0.335 e. The summed E-state index contributed by atoms with van der Waals surface area (Å²) in [6.07, 6.45) is -24.8. The molecule has 4 heterocycles. The molecule has 79 heavy (non-hydrogen) atoms. The van der Waals surface area contributed by atoms with Crippen molar-refractivity contribution in [2.45, 2.75) is 242 Å². The SMILES string of the molecule is CC(=O)O[C@H]1[C@H](O[C@H]2O[C@@H](CO)[C@H](O)[C@@H](O)[C@@H]2O)[C@@H](O[C@H]2CC[C@]3(C)[C@H]4CC=C5[C@H]6CC(C)(C)CC[C@@]6(C(=O)O[C@H]6O[C@@H](CO)[C@H](O)[C@@H](O)[C@@H]6O)CC[C@]5(C)[C@@]4(C)CC[C@H]3C2(C)C)O[C@@H](C(=O)O)[C@@H]1O[C@H]1O[C@H](CO)[C@@H](O)[C@@H]1O. The fraction of sp³-hybridized carbons (Fsp3) is 0.909. The van der Waals surface area contributed by atoms with Crippen LogP contribution in [0.25, 0.3) is 0 Å². The number of carboxylic acids is 1. The molecule has 0 bridgehead atoms. The molecule has 5 aliphatic carbocycles. The van der Waals surface area contributed by atoms with Crippen LogP contribution in [0.4, 0.5) is 0 Å². The van der Waals surface area contributed by atoms with Crippen molar-refractivity contribution in [2.24, 2.45) is 50.2 Å². The Morgan fingerprint density at radius 1 is 0.570 bits per heavy atom. The predicted octanol–water partition coefficient (Wildman–Crippen LogP) is -0.733. The summed E-state index contributed by atoms with van der Waals surface area (Å²) in [5.74, 6) is -3.24. The summed E-state index contributed by atoms with van der Waals surface area (Å²) in [7, 11) is 0. The average Bonchev–Trinajstić information content (AvgIpc) is 3.85. The molecule has 9 rings (SSSR count). The molecule has 0 aromatic carbocycles. The van der Waals surface area contributed by atoms with Gasteiger partial charge in [0.25, 0.3) is 0 Å². The molecule has 27 atom stereocenters. The molecule has 0 amide bonds. The number of ether oxygens (including phenoxy) is 9. The average molecular weight is 1130 g/mol. The lowest BCUT2D eigenvalue weighted by molar-refractivity contribution is -0.383. The van der Waals surface area contributed by atoms with Crippen molar-refractivity contribution < 1.29 is 118 Å². The summed E-state index contributed by atoms with van der Waals surface area (Å²) in [4.78, 5) is 41.1. The Balaban J connectivity index is 1.01. The molecule has 450 valence electrons. The van der Waals surface area contributed by atoms with Gasteiger partial charge in [-0.15, -0.1) is 0 Å². The first-order valence-electron chi connectivity index (χ1n) is 28.1. The van der Waals surface area contributed by atoms with Gasteiger partial charge in [-0.2, -0.15) is 0 Å². The van der Waals surface area contributed by atoms with Crippen molar-refractivity contribution in [3.63, 3.8) is 0 Å². The molecule has 9 aliphatic rings. The van der Waals surface area contributed by atoms with Crippen LogP contribution in [0.1, 0.15) is 120 Å². The molecule has 12 N–H and O–H groups in total. The summed E-state index contributed by atoms with van der Waals surface area (Å²) in [5, 5.41) is 127. The van der Waals surface area contributed by atoms with E-state index in [1.54, 1.807) is 0 Å². The Bertz CT molecular complexity index is 2260. The van der Waals surface area contributed by atoms with Gasteiger partial charge in [-0.25, -0.2) is 4.79 Å². The van der Waals surface area contributed by atoms with Crippen molar-refractivity contribution in [1.82, 2.24) is 0 Å². The summed E-state index contributed by atoms with van der Waals surface area (Å²) in [5.41, 5.74) is -1.54. The van der Waals surface area contributed by atoms with E-state index in [0.717, 1.165) is 26.2 Å². The Kier molecular flexibility index (Phi) is 17.1. The number of carbonyl (C=O) groups is 3. The third-order valence-electron chi connectivity index (χ3n) is 21.3. The lowest BCUT2D eigenvalue weighted by atomic mass is 9.33. The molecule has 0 unspecified atom stereocenters. The molecule has 8 fully saturated rings. The molecule has 24 heteroatoms.